The summed E-state index contributed by atoms with van der Waals surface area (Å²) >= 11 is 0. The zero-order chi connectivity index (χ0) is 11.9. The van der Waals surface area contributed by atoms with Crippen LogP contribution in [-0.2, 0) is 11.3 Å². The molecule has 94 valence electrons. The van der Waals surface area contributed by atoms with Crippen LogP contribution in [0.3, 0.4) is 0 Å². The topological polar surface area (TPSA) is 57.8 Å². The number of hydrogen-bond acceptors (Lipinski definition) is 2. The second-order valence-electron chi connectivity index (χ2n) is 4.84. The van der Waals surface area contributed by atoms with Gasteiger partial charge in [0.05, 0.1) is 18.6 Å². The molecule has 4 heteroatoms. The van der Waals surface area contributed by atoms with Gasteiger partial charge in [-0.05, 0) is 12.8 Å². The van der Waals surface area contributed by atoms with Crippen molar-refractivity contribution < 1.29 is 4.79 Å². The van der Waals surface area contributed by atoms with E-state index >= 15 is 0 Å². The molecule has 4 nitrogen and oxygen atoms in total. The molecule has 1 saturated carbocycles. The first-order valence-corrected chi connectivity index (χ1v) is 6.61. The first kappa shape index (κ1) is 12.1. The lowest BCUT2D eigenvalue weighted by Gasteiger charge is -2.18. The summed E-state index contributed by atoms with van der Waals surface area (Å²) in [6, 6.07) is 0. The maximum atomic E-state index is 12.0. The monoisotopic (exact) mass is 235 g/mol. The summed E-state index contributed by atoms with van der Waals surface area (Å²) in [7, 11) is 0. The molecular formula is C13H21N3O. The van der Waals surface area contributed by atoms with Gasteiger partial charge in [0, 0.05) is 12.1 Å². The average molecular weight is 235 g/mol. The fourth-order valence-corrected chi connectivity index (χ4v) is 2.43. The SMILES string of the molecule is O=C(NCc1cnc[nH]1)C1CCCCCCC1. The van der Waals surface area contributed by atoms with Gasteiger partial charge in [0.25, 0.3) is 0 Å². The van der Waals surface area contributed by atoms with E-state index in [1.165, 1.54) is 32.1 Å². The Bertz CT molecular complexity index is 326. The second kappa shape index (κ2) is 6.42. The van der Waals surface area contributed by atoms with Crippen LogP contribution in [0.5, 0.6) is 0 Å². The molecule has 0 unspecified atom stereocenters. The van der Waals surface area contributed by atoms with Crippen LogP contribution in [0.4, 0.5) is 0 Å². The number of aromatic amines is 1. The molecule has 0 spiro atoms. The molecular weight excluding hydrogens is 214 g/mol. The molecule has 0 aliphatic heterocycles. The van der Waals surface area contributed by atoms with Gasteiger partial charge in [0.1, 0.15) is 0 Å². The Morgan fingerprint density at radius 2 is 2.00 bits per heavy atom. The zero-order valence-corrected chi connectivity index (χ0v) is 10.2. The highest BCUT2D eigenvalue weighted by Gasteiger charge is 2.18. The van der Waals surface area contributed by atoms with Gasteiger partial charge in [0.2, 0.25) is 5.91 Å². The van der Waals surface area contributed by atoms with E-state index in [1.54, 1.807) is 12.5 Å². The second-order valence-corrected chi connectivity index (χ2v) is 4.84. The number of carbonyl (C=O) groups excluding carboxylic acids is 1. The lowest BCUT2D eigenvalue weighted by Crippen LogP contribution is -2.30. The van der Waals surface area contributed by atoms with Crippen LogP contribution in [0, 0.1) is 5.92 Å². The molecule has 0 radical (unpaired) electrons. The van der Waals surface area contributed by atoms with Crippen molar-refractivity contribution in [2.75, 3.05) is 0 Å². The number of carbonyl (C=O) groups is 1. The van der Waals surface area contributed by atoms with E-state index in [9.17, 15) is 4.79 Å². The standard InChI is InChI=1S/C13H21N3O/c17-13(15-9-12-8-14-10-16-12)11-6-4-2-1-3-5-7-11/h8,10-11H,1-7,9H2,(H,14,16)(H,15,17). The van der Waals surface area contributed by atoms with Gasteiger partial charge in [-0.2, -0.15) is 0 Å². The Kier molecular flexibility index (Phi) is 4.59. The third kappa shape index (κ3) is 3.88. The highest BCUT2D eigenvalue weighted by atomic mass is 16.1. The van der Waals surface area contributed by atoms with Crippen LogP contribution < -0.4 is 5.32 Å². The number of imidazole rings is 1. The predicted octanol–water partition coefficient (Wildman–Crippen LogP) is 2.39. The average Bonchev–Trinajstić information content (AvgIpc) is 2.78. The van der Waals surface area contributed by atoms with Gasteiger partial charge in [-0.1, -0.05) is 32.1 Å². The molecule has 0 bridgehead atoms. The number of nitrogens with one attached hydrogen (secondary N) is 2. The smallest absolute Gasteiger partial charge is 0.223 e. The first-order valence-electron chi connectivity index (χ1n) is 6.61. The van der Waals surface area contributed by atoms with E-state index in [-0.39, 0.29) is 11.8 Å². The van der Waals surface area contributed by atoms with Crippen LogP contribution in [0.2, 0.25) is 0 Å². The van der Waals surface area contributed by atoms with Crippen molar-refractivity contribution in [3.05, 3.63) is 18.2 Å². The Hall–Kier alpha value is -1.32. The van der Waals surface area contributed by atoms with Crippen LogP contribution in [0.1, 0.15) is 50.6 Å². The van der Waals surface area contributed by atoms with Gasteiger partial charge in [0.15, 0.2) is 0 Å². The predicted molar refractivity (Wildman–Crippen MR) is 66.2 cm³/mol. The third-order valence-electron chi connectivity index (χ3n) is 3.48. The van der Waals surface area contributed by atoms with Gasteiger partial charge < -0.3 is 10.3 Å². The van der Waals surface area contributed by atoms with Crippen LogP contribution in [-0.4, -0.2) is 15.9 Å². The van der Waals surface area contributed by atoms with Crippen LogP contribution >= 0.6 is 0 Å². The van der Waals surface area contributed by atoms with Crippen LogP contribution in [0.15, 0.2) is 12.5 Å². The summed E-state index contributed by atoms with van der Waals surface area (Å²) in [5, 5.41) is 2.99. The number of H-pyrrole nitrogens is 1. The molecule has 1 amide bonds. The quantitative estimate of drug-likeness (QED) is 0.845. The molecule has 1 aromatic rings. The largest absolute Gasteiger partial charge is 0.350 e. The van der Waals surface area contributed by atoms with Gasteiger partial charge in [-0.15, -0.1) is 0 Å². The molecule has 2 rings (SSSR count). The fraction of sp³-hybridized carbons (Fsp3) is 0.692. The number of amides is 1. The fourth-order valence-electron chi connectivity index (χ4n) is 2.43. The Balaban J connectivity index is 1.77. The highest BCUT2D eigenvalue weighted by Crippen LogP contribution is 2.22. The van der Waals surface area contributed by atoms with Gasteiger partial charge in [-0.25, -0.2) is 4.98 Å². The minimum absolute atomic E-state index is 0.210. The third-order valence-corrected chi connectivity index (χ3v) is 3.48. The number of rotatable bonds is 3. The number of aromatic nitrogens is 2. The Labute approximate surface area is 102 Å². The van der Waals surface area contributed by atoms with Crippen molar-refractivity contribution in [2.45, 2.75) is 51.5 Å². The molecule has 2 N–H and O–H groups in total. The molecule has 0 saturated heterocycles. The van der Waals surface area contributed by atoms with Crippen molar-refractivity contribution in [3.63, 3.8) is 0 Å². The van der Waals surface area contributed by atoms with Crippen molar-refractivity contribution >= 4 is 5.91 Å². The molecule has 1 aromatic heterocycles. The van der Waals surface area contributed by atoms with E-state index in [4.69, 9.17) is 0 Å². The summed E-state index contributed by atoms with van der Waals surface area (Å²) in [6.45, 7) is 0.565. The van der Waals surface area contributed by atoms with Crippen molar-refractivity contribution in [1.29, 1.82) is 0 Å². The Morgan fingerprint density at radius 1 is 1.29 bits per heavy atom. The lowest BCUT2D eigenvalue weighted by atomic mass is 9.90. The minimum Gasteiger partial charge on any atom is -0.350 e. The first-order chi connectivity index (χ1) is 8.36. The van der Waals surface area contributed by atoms with E-state index in [0.29, 0.717) is 6.54 Å². The summed E-state index contributed by atoms with van der Waals surface area (Å²) in [5.41, 5.74) is 0.962. The zero-order valence-electron chi connectivity index (χ0n) is 10.2. The van der Waals surface area contributed by atoms with Crippen molar-refractivity contribution in [2.24, 2.45) is 5.92 Å². The summed E-state index contributed by atoms with van der Waals surface area (Å²) in [5.74, 6) is 0.430. The van der Waals surface area contributed by atoms with E-state index < -0.39 is 0 Å². The molecule has 1 aliphatic rings. The molecule has 1 heterocycles. The summed E-state index contributed by atoms with van der Waals surface area (Å²) in [4.78, 5) is 18.9. The van der Waals surface area contributed by atoms with Gasteiger partial charge in [-0.3, -0.25) is 4.79 Å². The van der Waals surface area contributed by atoms with E-state index in [2.05, 4.69) is 15.3 Å². The van der Waals surface area contributed by atoms with Crippen LogP contribution in [0.25, 0.3) is 0 Å². The maximum absolute atomic E-state index is 12.0. The van der Waals surface area contributed by atoms with E-state index in [0.717, 1.165) is 18.5 Å². The lowest BCUT2D eigenvalue weighted by molar-refractivity contribution is -0.125. The van der Waals surface area contributed by atoms with Gasteiger partial charge >= 0.3 is 0 Å². The number of nitrogens with zero attached hydrogens (tertiary/aromatic N) is 1. The minimum atomic E-state index is 0.210. The summed E-state index contributed by atoms with van der Waals surface area (Å²) < 4.78 is 0. The molecule has 0 aromatic carbocycles. The van der Waals surface area contributed by atoms with Crippen molar-refractivity contribution in [1.82, 2.24) is 15.3 Å². The number of hydrogen-bond donors (Lipinski definition) is 2. The summed E-state index contributed by atoms with van der Waals surface area (Å²) in [6.07, 6.45) is 11.8. The molecule has 0 atom stereocenters. The maximum Gasteiger partial charge on any atom is 0.223 e. The normalized spacial score (nSPS) is 18.4. The molecule has 1 fully saturated rings. The molecule has 1 aliphatic carbocycles. The highest BCUT2D eigenvalue weighted by molar-refractivity contribution is 5.78. The van der Waals surface area contributed by atoms with Crippen molar-refractivity contribution in [3.8, 4) is 0 Å². The molecule has 17 heavy (non-hydrogen) atoms. The van der Waals surface area contributed by atoms with E-state index in [1.807, 2.05) is 0 Å². The Morgan fingerprint density at radius 3 is 2.65 bits per heavy atom.